The van der Waals surface area contributed by atoms with Gasteiger partial charge in [0.05, 0.1) is 19.2 Å². The Morgan fingerprint density at radius 1 is 0.944 bits per heavy atom. The maximum absolute atomic E-state index is 13.7. The van der Waals surface area contributed by atoms with Crippen molar-refractivity contribution >= 4 is 11.8 Å². The van der Waals surface area contributed by atoms with Gasteiger partial charge < -0.3 is 24.0 Å². The van der Waals surface area contributed by atoms with Gasteiger partial charge in [-0.05, 0) is 48.2 Å². The van der Waals surface area contributed by atoms with Gasteiger partial charge in [-0.3, -0.25) is 14.6 Å². The summed E-state index contributed by atoms with van der Waals surface area (Å²) in [4.78, 5) is 34.3. The molecule has 2 aromatic carbocycles. The molecule has 3 aromatic rings. The molecule has 186 valence electrons. The molecule has 0 bridgehead atoms. The molecule has 36 heavy (non-hydrogen) atoms. The van der Waals surface area contributed by atoms with E-state index < -0.39 is 0 Å². The number of amides is 2. The Morgan fingerprint density at radius 3 is 2.36 bits per heavy atom. The van der Waals surface area contributed by atoms with Crippen molar-refractivity contribution in [2.45, 2.75) is 31.8 Å². The predicted molar refractivity (Wildman–Crippen MR) is 133 cm³/mol. The molecule has 2 atom stereocenters. The lowest BCUT2D eigenvalue weighted by Crippen LogP contribution is -2.62. The Balaban J connectivity index is 1.47. The molecule has 8 heteroatoms. The lowest BCUT2D eigenvalue weighted by molar-refractivity contribution is -0.134. The van der Waals surface area contributed by atoms with Crippen molar-refractivity contribution in [1.82, 2.24) is 14.8 Å². The first-order valence-electron chi connectivity index (χ1n) is 12.0. The van der Waals surface area contributed by atoms with Gasteiger partial charge in [0, 0.05) is 38.0 Å². The fourth-order valence-corrected chi connectivity index (χ4v) is 5.05. The van der Waals surface area contributed by atoms with Gasteiger partial charge in [-0.1, -0.05) is 30.3 Å². The first kappa shape index (κ1) is 23.7. The average molecular weight is 488 g/mol. The van der Waals surface area contributed by atoms with Crippen LogP contribution in [-0.2, 0) is 17.6 Å². The largest absolute Gasteiger partial charge is 0.493 e. The number of rotatable bonds is 6. The summed E-state index contributed by atoms with van der Waals surface area (Å²) in [6.45, 7) is 2.60. The van der Waals surface area contributed by atoms with Crippen LogP contribution in [-0.4, -0.2) is 65.7 Å². The maximum atomic E-state index is 13.7. The minimum absolute atomic E-state index is 0.000193. The minimum atomic E-state index is -0.230. The van der Waals surface area contributed by atoms with E-state index in [9.17, 15) is 9.59 Å². The van der Waals surface area contributed by atoms with Crippen LogP contribution in [0.3, 0.4) is 0 Å². The van der Waals surface area contributed by atoms with E-state index in [0.29, 0.717) is 48.7 Å². The molecule has 0 radical (unpaired) electrons. The standard InChI is InChI=1S/C28H29N3O5/c1-19(32)30-16-24(13-21-14-25(34-2)27-26(15-21)35-18-36-27)31(28(33)22-8-10-29-11-9-22)17-23(30)12-20-6-4-3-5-7-20/h3-11,14-15,23-24H,12-13,16-18H2,1-2H3/t23-,24-/m0/s1. The number of fused-ring (bicyclic) bond motifs is 1. The molecule has 1 aromatic heterocycles. The van der Waals surface area contributed by atoms with Crippen molar-refractivity contribution < 1.29 is 23.8 Å². The molecule has 3 heterocycles. The zero-order valence-electron chi connectivity index (χ0n) is 20.4. The molecule has 2 amide bonds. The Morgan fingerprint density at radius 2 is 1.64 bits per heavy atom. The highest BCUT2D eigenvalue weighted by molar-refractivity contribution is 5.94. The Hall–Kier alpha value is -4.07. The fraction of sp³-hybridized carbons (Fsp3) is 0.321. The molecule has 0 aliphatic carbocycles. The molecule has 8 nitrogen and oxygen atoms in total. The molecule has 1 saturated heterocycles. The number of ether oxygens (including phenoxy) is 3. The molecule has 1 fully saturated rings. The van der Waals surface area contributed by atoms with Gasteiger partial charge in [-0.25, -0.2) is 0 Å². The number of nitrogens with zero attached hydrogens (tertiary/aromatic N) is 3. The van der Waals surface area contributed by atoms with Crippen molar-refractivity contribution in [3.05, 3.63) is 83.7 Å². The van der Waals surface area contributed by atoms with E-state index >= 15 is 0 Å². The number of piperazine rings is 1. The van der Waals surface area contributed by atoms with Gasteiger partial charge in [0.15, 0.2) is 11.5 Å². The van der Waals surface area contributed by atoms with Gasteiger partial charge in [-0.2, -0.15) is 0 Å². The summed E-state index contributed by atoms with van der Waals surface area (Å²) in [5.41, 5.74) is 2.65. The van der Waals surface area contributed by atoms with E-state index in [4.69, 9.17) is 14.2 Å². The number of carbonyl (C=O) groups is 2. The highest BCUT2D eigenvalue weighted by atomic mass is 16.7. The number of hydrogen-bond donors (Lipinski definition) is 0. The van der Waals surface area contributed by atoms with E-state index in [-0.39, 0.29) is 30.7 Å². The third-order valence-electron chi connectivity index (χ3n) is 6.79. The topological polar surface area (TPSA) is 81.2 Å². The number of carbonyl (C=O) groups excluding carboxylic acids is 2. The summed E-state index contributed by atoms with van der Waals surface area (Å²) in [5, 5.41) is 0. The van der Waals surface area contributed by atoms with Crippen LogP contribution in [0.5, 0.6) is 17.2 Å². The minimum Gasteiger partial charge on any atom is -0.493 e. The van der Waals surface area contributed by atoms with Crippen LogP contribution in [0.25, 0.3) is 0 Å². The first-order valence-corrected chi connectivity index (χ1v) is 12.0. The number of aromatic nitrogens is 1. The van der Waals surface area contributed by atoms with Gasteiger partial charge in [0.25, 0.3) is 5.91 Å². The molecule has 2 aliphatic heterocycles. The number of benzene rings is 2. The maximum Gasteiger partial charge on any atom is 0.254 e. The molecule has 2 aliphatic rings. The van der Waals surface area contributed by atoms with Crippen molar-refractivity contribution in [3.63, 3.8) is 0 Å². The summed E-state index contributed by atoms with van der Waals surface area (Å²) < 4.78 is 16.7. The average Bonchev–Trinajstić information content (AvgIpc) is 3.38. The van der Waals surface area contributed by atoms with Crippen LogP contribution in [0.4, 0.5) is 0 Å². The summed E-state index contributed by atoms with van der Waals surface area (Å²) in [6.07, 6.45) is 4.45. The molecule has 0 saturated carbocycles. The Kier molecular flexibility index (Phi) is 6.75. The summed E-state index contributed by atoms with van der Waals surface area (Å²) in [7, 11) is 1.59. The van der Waals surface area contributed by atoms with Crippen molar-refractivity contribution in [1.29, 1.82) is 0 Å². The molecule has 0 unspecified atom stereocenters. The highest BCUT2D eigenvalue weighted by Gasteiger charge is 2.38. The molecular formula is C28H29N3O5. The van der Waals surface area contributed by atoms with Crippen molar-refractivity contribution in [2.75, 3.05) is 27.0 Å². The van der Waals surface area contributed by atoms with Gasteiger partial charge in [-0.15, -0.1) is 0 Å². The van der Waals surface area contributed by atoms with Crippen LogP contribution >= 0.6 is 0 Å². The van der Waals surface area contributed by atoms with Gasteiger partial charge in [0.1, 0.15) is 0 Å². The van der Waals surface area contributed by atoms with Gasteiger partial charge >= 0.3 is 0 Å². The zero-order chi connectivity index (χ0) is 25.1. The third kappa shape index (κ3) is 4.84. The van der Waals surface area contributed by atoms with Crippen molar-refractivity contribution in [2.24, 2.45) is 0 Å². The van der Waals surface area contributed by atoms with E-state index in [2.05, 4.69) is 17.1 Å². The molecule has 0 spiro atoms. The second-order valence-corrected chi connectivity index (χ2v) is 9.10. The predicted octanol–water partition coefficient (Wildman–Crippen LogP) is 3.35. The normalized spacial score (nSPS) is 18.7. The fourth-order valence-electron chi connectivity index (χ4n) is 5.05. The van der Waals surface area contributed by atoms with Crippen LogP contribution in [0.1, 0.15) is 28.4 Å². The van der Waals surface area contributed by atoms with E-state index in [1.807, 2.05) is 40.1 Å². The Bertz CT molecular complexity index is 1230. The zero-order valence-corrected chi connectivity index (χ0v) is 20.4. The number of methoxy groups -OCH3 is 1. The van der Waals surface area contributed by atoms with Crippen LogP contribution < -0.4 is 14.2 Å². The van der Waals surface area contributed by atoms with Crippen LogP contribution in [0.2, 0.25) is 0 Å². The van der Waals surface area contributed by atoms with E-state index in [1.54, 1.807) is 38.6 Å². The third-order valence-corrected chi connectivity index (χ3v) is 6.79. The SMILES string of the molecule is COc1cc(C[C@H]2CN(C(C)=O)[C@@H](Cc3ccccc3)CN2C(=O)c2ccncc2)cc2c1OCO2. The van der Waals surface area contributed by atoms with Gasteiger partial charge in [0.2, 0.25) is 18.4 Å². The molecule has 0 N–H and O–H groups in total. The smallest absolute Gasteiger partial charge is 0.254 e. The number of pyridine rings is 1. The van der Waals surface area contributed by atoms with E-state index in [1.165, 1.54) is 0 Å². The van der Waals surface area contributed by atoms with Crippen LogP contribution in [0.15, 0.2) is 67.0 Å². The second-order valence-electron chi connectivity index (χ2n) is 9.10. The molecule has 5 rings (SSSR count). The highest BCUT2D eigenvalue weighted by Crippen LogP contribution is 2.42. The quantitative estimate of drug-likeness (QED) is 0.531. The van der Waals surface area contributed by atoms with Crippen molar-refractivity contribution in [3.8, 4) is 17.2 Å². The Labute approximate surface area is 210 Å². The lowest BCUT2D eigenvalue weighted by atomic mass is 9.94. The summed E-state index contributed by atoms with van der Waals surface area (Å²) in [6, 6.07) is 17.0. The van der Waals surface area contributed by atoms with E-state index in [0.717, 1.165) is 11.1 Å². The second kappa shape index (κ2) is 10.3. The summed E-state index contributed by atoms with van der Waals surface area (Å²) in [5.74, 6) is 1.73. The summed E-state index contributed by atoms with van der Waals surface area (Å²) >= 11 is 0. The molecular weight excluding hydrogens is 458 g/mol. The first-order chi connectivity index (χ1) is 17.5. The lowest BCUT2D eigenvalue weighted by Gasteiger charge is -2.46. The monoisotopic (exact) mass is 487 g/mol. The van der Waals surface area contributed by atoms with Crippen LogP contribution in [0, 0.1) is 0 Å². The number of hydrogen-bond acceptors (Lipinski definition) is 6.